The first-order valence-corrected chi connectivity index (χ1v) is 5.64. The Morgan fingerprint density at radius 1 is 1.38 bits per heavy atom. The van der Waals surface area contributed by atoms with Crippen molar-refractivity contribution in [3.05, 3.63) is 0 Å². The molecule has 1 unspecified atom stereocenters. The van der Waals surface area contributed by atoms with Crippen LogP contribution in [0.25, 0.3) is 0 Å². The maximum absolute atomic E-state index is 11.8. The molecule has 0 aliphatic carbocycles. The first-order valence-electron chi connectivity index (χ1n) is 5.64. The first kappa shape index (κ1) is 13.7. The van der Waals surface area contributed by atoms with E-state index in [0.717, 1.165) is 32.4 Å². The number of nitrogens with two attached hydrogens (primary N) is 1. The molecule has 1 heterocycles. The van der Waals surface area contributed by atoms with Gasteiger partial charge in [-0.05, 0) is 38.3 Å². The normalized spacial score (nSPS) is 23.6. The van der Waals surface area contributed by atoms with Gasteiger partial charge in [-0.3, -0.25) is 4.74 Å². The smallest absolute Gasteiger partial charge is 0.330 e. The van der Waals surface area contributed by atoms with Crippen molar-refractivity contribution in [3.63, 3.8) is 0 Å². The van der Waals surface area contributed by atoms with Crippen molar-refractivity contribution in [2.75, 3.05) is 32.8 Å². The molecule has 3 nitrogen and oxygen atoms in total. The zero-order valence-electron chi connectivity index (χ0n) is 9.30. The Labute approximate surface area is 93.7 Å². The lowest BCUT2D eigenvalue weighted by atomic mass is 9.95. The molecule has 1 rings (SSSR count). The summed E-state index contributed by atoms with van der Waals surface area (Å²) in [6.07, 6.45) is -1.38. The Bertz CT molecular complexity index is 197. The van der Waals surface area contributed by atoms with Crippen molar-refractivity contribution in [3.8, 4) is 0 Å². The van der Waals surface area contributed by atoms with E-state index in [1.165, 1.54) is 0 Å². The molecule has 0 aromatic carbocycles. The molecule has 1 fully saturated rings. The lowest BCUT2D eigenvalue weighted by Gasteiger charge is -2.32. The highest BCUT2D eigenvalue weighted by molar-refractivity contribution is 4.73. The van der Waals surface area contributed by atoms with Crippen LogP contribution < -0.4 is 5.73 Å². The molecule has 6 heteroatoms. The summed E-state index contributed by atoms with van der Waals surface area (Å²) >= 11 is 0. The molecule has 1 aliphatic heterocycles. The zero-order chi connectivity index (χ0) is 12.0. The third kappa shape index (κ3) is 5.67. The zero-order valence-corrected chi connectivity index (χ0v) is 9.30. The quantitative estimate of drug-likeness (QED) is 0.793. The Balaban J connectivity index is 2.16. The molecule has 0 saturated carbocycles. The fraction of sp³-hybridized carbons (Fsp3) is 1.00. The SMILES string of the molecule is NCCC1CCCN(CCOC(F)(F)F)C1. The number of hydrogen-bond acceptors (Lipinski definition) is 3. The molecule has 96 valence electrons. The second-order valence-corrected chi connectivity index (χ2v) is 4.18. The number of hydrogen-bond donors (Lipinski definition) is 1. The fourth-order valence-electron chi connectivity index (χ4n) is 2.12. The predicted molar refractivity (Wildman–Crippen MR) is 54.8 cm³/mol. The van der Waals surface area contributed by atoms with Crippen LogP contribution in [0.5, 0.6) is 0 Å². The summed E-state index contributed by atoms with van der Waals surface area (Å²) in [5.41, 5.74) is 5.47. The third-order valence-electron chi connectivity index (χ3n) is 2.85. The van der Waals surface area contributed by atoms with Crippen LogP contribution in [0.2, 0.25) is 0 Å². The van der Waals surface area contributed by atoms with E-state index in [2.05, 4.69) is 4.74 Å². The van der Waals surface area contributed by atoms with Crippen molar-refractivity contribution in [1.82, 2.24) is 4.90 Å². The highest BCUT2D eigenvalue weighted by Gasteiger charge is 2.29. The van der Waals surface area contributed by atoms with E-state index in [1.807, 2.05) is 4.90 Å². The number of ether oxygens (including phenoxy) is 1. The Kier molecular flexibility index (Phi) is 5.51. The monoisotopic (exact) mass is 240 g/mol. The molecule has 0 radical (unpaired) electrons. The summed E-state index contributed by atoms with van der Waals surface area (Å²) in [7, 11) is 0. The lowest BCUT2D eigenvalue weighted by molar-refractivity contribution is -0.325. The molecular weight excluding hydrogens is 221 g/mol. The second-order valence-electron chi connectivity index (χ2n) is 4.18. The van der Waals surface area contributed by atoms with E-state index in [9.17, 15) is 13.2 Å². The fourth-order valence-corrected chi connectivity index (χ4v) is 2.12. The molecule has 1 saturated heterocycles. The number of piperidine rings is 1. The minimum absolute atomic E-state index is 0.279. The number of rotatable bonds is 5. The summed E-state index contributed by atoms with van der Waals surface area (Å²) in [6.45, 7) is 2.43. The van der Waals surface area contributed by atoms with Gasteiger partial charge in [-0.25, -0.2) is 0 Å². The van der Waals surface area contributed by atoms with Gasteiger partial charge in [0.2, 0.25) is 0 Å². The van der Waals surface area contributed by atoms with E-state index >= 15 is 0 Å². The van der Waals surface area contributed by atoms with Crippen molar-refractivity contribution in [1.29, 1.82) is 0 Å². The maximum Gasteiger partial charge on any atom is 0.522 e. The van der Waals surface area contributed by atoms with Gasteiger partial charge in [-0.2, -0.15) is 0 Å². The molecule has 0 spiro atoms. The minimum atomic E-state index is -4.51. The van der Waals surface area contributed by atoms with E-state index in [1.54, 1.807) is 0 Å². The summed E-state index contributed by atoms with van der Waals surface area (Å²) in [4.78, 5) is 2.02. The van der Waals surface area contributed by atoms with Crippen LogP contribution in [0.3, 0.4) is 0 Å². The molecule has 0 aromatic rings. The van der Waals surface area contributed by atoms with Gasteiger partial charge >= 0.3 is 6.36 Å². The van der Waals surface area contributed by atoms with Crippen LogP contribution in [0, 0.1) is 5.92 Å². The van der Waals surface area contributed by atoms with Gasteiger partial charge in [0.05, 0.1) is 6.61 Å². The van der Waals surface area contributed by atoms with Crippen LogP contribution in [0.4, 0.5) is 13.2 Å². The minimum Gasteiger partial charge on any atom is -0.330 e. The van der Waals surface area contributed by atoms with Gasteiger partial charge in [0, 0.05) is 13.1 Å². The second kappa shape index (κ2) is 6.42. The number of likely N-dealkylation sites (tertiary alicyclic amines) is 1. The van der Waals surface area contributed by atoms with Crippen molar-refractivity contribution in [2.24, 2.45) is 11.7 Å². The van der Waals surface area contributed by atoms with Gasteiger partial charge < -0.3 is 10.6 Å². The highest BCUT2D eigenvalue weighted by Crippen LogP contribution is 2.20. The van der Waals surface area contributed by atoms with Gasteiger partial charge in [0.25, 0.3) is 0 Å². The Morgan fingerprint density at radius 2 is 2.12 bits per heavy atom. The van der Waals surface area contributed by atoms with E-state index < -0.39 is 6.36 Å². The van der Waals surface area contributed by atoms with Crippen LogP contribution in [-0.4, -0.2) is 44.0 Å². The Morgan fingerprint density at radius 3 is 2.75 bits per heavy atom. The molecular formula is C10H19F3N2O. The van der Waals surface area contributed by atoms with E-state index in [4.69, 9.17) is 5.73 Å². The molecule has 2 N–H and O–H groups in total. The number of nitrogens with zero attached hydrogens (tertiary/aromatic N) is 1. The van der Waals surface area contributed by atoms with Gasteiger partial charge in [-0.1, -0.05) is 0 Å². The molecule has 0 amide bonds. The number of halogens is 3. The molecule has 0 aromatic heterocycles. The first-order chi connectivity index (χ1) is 7.51. The maximum atomic E-state index is 11.8. The molecule has 1 atom stereocenters. The van der Waals surface area contributed by atoms with Crippen LogP contribution >= 0.6 is 0 Å². The highest BCUT2D eigenvalue weighted by atomic mass is 19.4. The topological polar surface area (TPSA) is 38.5 Å². The average molecular weight is 240 g/mol. The predicted octanol–water partition coefficient (Wildman–Crippen LogP) is 1.58. The van der Waals surface area contributed by atoms with E-state index in [-0.39, 0.29) is 6.61 Å². The lowest BCUT2D eigenvalue weighted by Crippen LogP contribution is -2.38. The summed E-state index contributed by atoms with van der Waals surface area (Å²) < 4.78 is 39.0. The van der Waals surface area contributed by atoms with E-state index in [0.29, 0.717) is 19.0 Å². The van der Waals surface area contributed by atoms with Crippen molar-refractivity contribution >= 4 is 0 Å². The van der Waals surface area contributed by atoms with Crippen LogP contribution in [0.1, 0.15) is 19.3 Å². The largest absolute Gasteiger partial charge is 0.522 e. The van der Waals surface area contributed by atoms with Gasteiger partial charge in [-0.15, -0.1) is 13.2 Å². The van der Waals surface area contributed by atoms with Crippen molar-refractivity contribution < 1.29 is 17.9 Å². The molecule has 0 bridgehead atoms. The number of alkyl halides is 3. The summed E-state index contributed by atoms with van der Waals surface area (Å²) in [5.74, 6) is 0.532. The van der Waals surface area contributed by atoms with Crippen LogP contribution in [-0.2, 0) is 4.74 Å². The van der Waals surface area contributed by atoms with Crippen molar-refractivity contribution in [2.45, 2.75) is 25.6 Å². The average Bonchev–Trinajstić information content (AvgIpc) is 2.17. The standard InChI is InChI=1S/C10H19F3N2O/c11-10(12,13)16-7-6-15-5-1-2-9(8-15)3-4-14/h9H,1-8,14H2. The van der Waals surface area contributed by atoms with Crippen LogP contribution in [0.15, 0.2) is 0 Å². The summed E-state index contributed by atoms with van der Waals surface area (Å²) in [6, 6.07) is 0. The molecule has 1 aliphatic rings. The third-order valence-corrected chi connectivity index (χ3v) is 2.85. The van der Waals surface area contributed by atoms with Gasteiger partial charge in [0.1, 0.15) is 0 Å². The Hall–Kier alpha value is -0.330. The van der Waals surface area contributed by atoms with Gasteiger partial charge in [0.15, 0.2) is 0 Å². The summed E-state index contributed by atoms with van der Waals surface area (Å²) in [5, 5.41) is 0. The molecule has 16 heavy (non-hydrogen) atoms.